The highest BCUT2D eigenvalue weighted by molar-refractivity contribution is 7.13. The van der Waals surface area contributed by atoms with Crippen LogP contribution in [0, 0.1) is 0 Å². The van der Waals surface area contributed by atoms with Crippen LogP contribution in [0.2, 0.25) is 5.02 Å². The molecular formula is C14H17ClN4O2S. The monoisotopic (exact) mass is 340 g/mol. The quantitative estimate of drug-likeness (QED) is 0.877. The van der Waals surface area contributed by atoms with Gasteiger partial charge < -0.3 is 20.3 Å². The summed E-state index contributed by atoms with van der Waals surface area (Å²) in [5.41, 5.74) is 1.32. The van der Waals surface area contributed by atoms with E-state index in [1.54, 1.807) is 18.2 Å². The lowest BCUT2D eigenvalue weighted by atomic mass is 10.3. The lowest BCUT2D eigenvalue weighted by Crippen LogP contribution is -2.28. The maximum absolute atomic E-state index is 12.0. The molecule has 2 aromatic rings. The normalized spacial score (nSPS) is 10.2. The van der Waals surface area contributed by atoms with Crippen molar-refractivity contribution >= 4 is 39.8 Å². The Kier molecular flexibility index (Phi) is 5.46. The third kappa shape index (κ3) is 4.02. The summed E-state index contributed by atoms with van der Waals surface area (Å²) in [7, 11) is 5.35. The molecule has 0 fully saturated rings. The number of amides is 2. The number of hydrogen-bond acceptors (Lipinski definition) is 5. The average molecular weight is 341 g/mol. The van der Waals surface area contributed by atoms with Gasteiger partial charge in [0.2, 0.25) is 0 Å². The molecule has 2 rings (SSSR count). The number of methoxy groups -OCH3 is 1. The number of urea groups is 1. The summed E-state index contributed by atoms with van der Waals surface area (Å²) in [6.45, 7) is 0.346. The minimum absolute atomic E-state index is 0.346. The number of nitrogens with one attached hydrogen (secondary N) is 2. The Morgan fingerprint density at radius 2 is 2.23 bits per heavy atom. The van der Waals surface area contributed by atoms with Gasteiger partial charge >= 0.3 is 6.03 Å². The first-order valence-corrected chi connectivity index (χ1v) is 7.76. The summed E-state index contributed by atoms with van der Waals surface area (Å²) in [5.74, 6) is 0.433. The Morgan fingerprint density at radius 1 is 1.45 bits per heavy atom. The number of hydrogen-bond donors (Lipinski definition) is 2. The van der Waals surface area contributed by atoms with Crippen molar-refractivity contribution in [3.63, 3.8) is 0 Å². The highest BCUT2D eigenvalue weighted by Crippen LogP contribution is 2.32. The fourth-order valence-electron chi connectivity index (χ4n) is 1.73. The van der Waals surface area contributed by atoms with E-state index in [0.29, 0.717) is 23.0 Å². The number of nitrogens with zero attached hydrogens (tertiary/aromatic N) is 2. The predicted octanol–water partition coefficient (Wildman–Crippen LogP) is 3.19. The van der Waals surface area contributed by atoms with E-state index in [1.807, 2.05) is 24.4 Å². The standard InChI is InChI=1S/C14H17ClN4O2S/c1-19(2)14-17-9(8-22-14)7-16-13(20)18-11-6-4-5-10(15)12(11)21-3/h4-6,8H,7H2,1-3H3,(H2,16,18,20). The van der Waals surface area contributed by atoms with Crippen LogP contribution >= 0.6 is 22.9 Å². The molecule has 6 nitrogen and oxygen atoms in total. The maximum Gasteiger partial charge on any atom is 0.319 e. The van der Waals surface area contributed by atoms with Crippen LogP contribution in [0.15, 0.2) is 23.6 Å². The number of carbonyl (C=O) groups excluding carboxylic acids is 1. The summed E-state index contributed by atoms with van der Waals surface area (Å²) in [6.07, 6.45) is 0. The van der Waals surface area contributed by atoms with Gasteiger partial charge in [-0.15, -0.1) is 11.3 Å². The minimum Gasteiger partial charge on any atom is -0.493 e. The third-order valence-corrected chi connectivity index (χ3v) is 4.13. The number of thiazole rings is 1. The van der Waals surface area contributed by atoms with E-state index in [1.165, 1.54) is 18.4 Å². The first-order chi connectivity index (χ1) is 10.5. The van der Waals surface area contributed by atoms with Gasteiger partial charge in [0.05, 0.1) is 30.1 Å². The summed E-state index contributed by atoms with van der Waals surface area (Å²) in [6, 6.07) is 4.81. The Labute approximate surface area is 138 Å². The number of anilines is 2. The van der Waals surface area contributed by atoms with Crippen molar-refractivity contribution in [1.29, 1.82) is 0 Å². The van der Waals surface area contributed by atoms with Crippen molar-refractivity contribution in [3.05, 3.63) is 34.3 Å². The molecule has 0 bridgehead atoms. The van der Waals surface area contributed by atoms with E-state index in [0.717, 1.165) is 10.8 Å². The Balaban J connectivity index is 1.94. The smallest absolute Gasteiger partial charge is 0.319 e. The molecule has 0 aliphatic carbocycles. The van der Waals surface area contributed by atoms with Crippen LogP contribution in [-0.2, 0) is 6.54 Å². The van der Waals surface area contributed by atoms with Crippen molar-refractivity contribution in [2.45, 2.75) is 6.54 Å². The van der Waals surface area contributed by atoms with Gasteiger partial charge in [-0.05, 0) is 12.1 Å². The highest BCUT2D eigenvalue weighted by atomic mass is 35.5. The molecule has 8 heteroatoms. The van der Waals surface area contributed by atoms with Crippen molar-refractivity contribution in [2.24, 2.45) is 0 Å². The number of para-hydroxylation sites is 1. The van der Waals surface area contributed by atoms with Crippen LogP contribution in [0.25, 0.3) is 0 Å². The lowest BCUT2D eigenvalue weighted by Gasteiger charge is -2.11. The van der Waals surface area contributed by atoms with Gasteiger partial charge in [0.15, 0.2) is 10.9 Å². The van der Waals surface area contributed by atoms with Crippen molar-refractivity contribution in [3.8, 4) is 5.75 Å². The fourth-order valence-corrected chi connectivity index (χ4v) is 2.74. The van der Waals surface area contributed by atoms with Crippen LogP contribution in [0.4, 0.5) is 15.6 Å². The van der Waals surface area contributed by atoms with Crippen LogP contribution in [0.1, 0.15) is 5.69 Å². The van der Waals surface area contributed by atoms with Crippen LogP contribution in [-0.4, -0.2) is 32.2 Å². The summed E-state index contributed by atoms with van der Waals surface area (Å²) in [5, 5.41) is 8.70. The average Bonchev–Trinajstić information content (AvgIpc) is 2.94. The Bertz CT molecular complexity index is 660. The molecule has 1 aromatic carbocycles. The Hall–Kier alpha value is -1.99. The molecule has 0 saturated carbocycles. The van der Waals surface area contributed by atoms with E-state index in [4.69, 9.17) is 16.3 Å². The summed E-state index contributed by atoms with van der Waals surface area (Å²) >= 11 is 7.54. The van der Waals surface area contributed by atoms with E-state index in [-0.39, 0.29) is 6.03 Å². The molecule has 0 atom stereocenters. The molecular weight excluding hydrogens is 324 g/mol. The van der Waals surface area contributed by atoms with Crippen molar-refractivity contribution < 1.29 is 9.53 Å². The van der Waals surface area contributed by atoms with Gasteiger partial charge in [-0.2, -0.15) is 0 Å². The van der Waals surface area contributed by atoms with E-state index < -0.39 is 0 Å². The zero-order chi connectivity index (χ0) is 16.1. The SMILES string of the molecule is COc1c(Cl)cccc1NC(=O)NCc1csc(N(C)C)n1. The maximum atomic E-state index is 12.0. The molecule has 0 radical (unpaired) electrons. The number of rotatable bonds is 5. The summed E-state index contributed by atoms with van der Waals surface area (Å²) in [4.78, 5) is 18.3. The van der Waals surface area contributed by atoms with Gasteiger partial charge in [0, 0.05) is 19.5 Å². The Morgan fingerprint density at radius 3 is 2.86 bits per heavy atom. The van der Waals surface area contributed by atoms with E-state index in [2.05, 4.69) is 15.6 Å². The minimum atomic E-state index is -0.347. The second-order valence-corrected chi connectivity index (χ2v) is 5.89. The molecule has 1 aromatic heterocycles. The number of carbonyl (C=O) groups is 1. The molecule has 118 valence electrons. The van der Waals surface area contributed by atoms with Gasteiger partial charge in [0.1, 0.15) is 0 Å². The second-order valence-electron chi connectivity index (χ2n) is 4.64. The largest absolute Gasteiger partial charge is 0.493 e. The van der Waals surface area contributed by atoms with Crippen molar-refractivity contribution in [1.82, 2.24) is 10.3 Å². The highest BCUT2D eigenvalue weighted by Gasteiger charge is 2.11. The molecule has 0 aliphatic rings. The zero-order valence-corrected chi connectivity index (χ0v) is 14.1. The predicted molar refractivity (Wildman–Crippen MR) is 90.3 cm³/mol. The lowest BCUT2D eigenvalue weighted by molar-refractivity contribution is 0.251. The zero-order valence-electron chi connectivity index (χ0n) is 12.5. The number of halogens is 1. The second kappa shape index (κ2) is 7.33. The van der Waals surface area contributed by atoms with Crippen LogP contribution in [0.5, 0.6) is 5.75 Å². The molecule has 1 heterocycles. The van der Waals surface area contributed by atoms with Gasteiger partial charge in [-0.25, -0.2) is 9.78 Å². The molecule has 22 heavy (non-hydrogen) atoms. The third-order valence-electron chi connectivity index (χ3n) is 2.77. The molecule has 2 amide bonds. The molecule has 0 spiro atoms. The molecule has 0 aliphatic heterocycles. The topological polar surface area (TPSA) is 66.5 Å². The first-order valence-electron chi connectivity index (χ1n) is 6.50. The van der Waals surface area contributed by atoms with Crippen LogP contribution in [0.3, 0.4) is 0 Å². The summed E-state index contributed by atoms with van der Waals surface area (Å²) < 4.78 is 5.18. The van der Waals surface area contributed by atoms with Crippen molar-refractivity contribution in [2.75, 3.05) is 31.4 Å². The van der Waals surface area contributed by atoms with Crippen LogP contribution < -0.4 is 20.3 Å². The number of aromatic nitrogens is 1. The molecule has 0 saturated heterocycles. The van der Waals surface area contributed by atoms with Gasteiger partial charge in [0.25, 0.3) is 0 Å². The van der Waals surface area contributed by atoms with Gasteiger partial charge in [-0.1, -0.05) is 17.7 Å². The first kappa shape index (κ1) is 16.4. The van der Waals surface area contributed by atoms with Gasteiger partial charge in [-0.3, -0.25) is 0 Å². The fraction of sp³-hybridized carbons (Fsp3) is 0.286. The number of benzene rings is 1. The number of ether oxygens (including phenoxy) is 1. The van der Waals surface area contributed by atoms with E-state index in [9.17, 15) is 4.79 Å². The molecule has 2 N–H and O–H groups in total. The molecule has 0 unspecified atom stereocenters. The van der Waals surface area contributed by atoms with E-state index >= 15 is 0 Å².